The lowest BCUT2D eigenvalue weighted by molar-refractivity contribution is 0.0934. The van der Waals surface area contributed by atoms with Gasteiger partial charge in [0.1, 0.15) is 5.69 Å². The molecule has 2 heterocycles. The third kappa shape index (κ3) is 4.38. The molecule has 1 aromatic carbocycles. The van der Waals surface area contributed by atoms with Gasteiger partial charge in [-0.05, 0) is 24.6 Å². The van der Waals surface area contributed by atoms with Crippen molar-refractivity contribution >= 4 is 11.7 Å². The molecule has 0 saturated heterocycles. The van der Waals surface area contributed by atoms with E-state index in [0.717, 1.165) is 11.3 Å². The van der Waals surface area contributed by atoms with Gasteiger partial charge in [-0.2, -0.15) is 5.10 Å². The number of Topliss-reactive ketones (excluding diaryl/α,β-unsaturated/α-hetero) is 1. The molecule has 0 aliphatic carbocycles. The van der Waals surface area contributed by atoms with Crippen LogP contribution >= 0.6 is 0 Å². The number of hydrogen-bond donors (Lipinski definition) is 2. The second kappa shape index (κ2) is 8.01. The molecule has 0 atom stereocenters. The van der Waals surface area contributed by atoms with Crippen LogP contribution in [-0.2, 0) is 0 Å². The molecule has 126 valence electrons. The van der Waals surface area contributed by atoms with Gasteiger partial charge in [0.2, 0.25) is 0 Å². The maximum Gasteiger partial charge on any atom is 0.269 e. The number of carbonyl (C=O) groups excluding carboxylic acids is 2. The number of ketones is 1. The Kier molecular flexibility index (Phi) is 5.31. The molecule has 0 aliphatic rings. The quantitative estimate of drug-likeness (QED) is 0.514. The highest BCUT2D eigenvalue weighted by Gasteiger charge is 2.11. The highest BCUT2D eigenvalue weighted by molar-refractivity contribution is 5.96. The van der Waals surface area contributed by atoms with Gasteiger partial charge in [0.15, 0.2) is 5.78 Å². The van der Waals surface area contributed by atoms with Crippen molar-refractivity contribution in [2.45, 2.75) is 12.8 Å². The van der Waals surface area contributed by atoms with Crippen LogP contribution in [-0.4, -0.2) is 33.4 Å². The van der Waals surface area contributed by atoms with Gasteiger partial charge in [0.05, 0.1) is 5.69 Å². The third-order valence-electron chi connectivity index (χ3n) is 3.76. The zero-order valence-electron chi connectivity index (χ0n) is 13.6. The van der Waals surface area contributed by atoms with Crippen LogP contribution in [0.25, 0.3) is 11.3 Å². The number of hydrogen-bond acceptors (Lipinski definition) is 4. The third-order valence-corrected chi connectivity index (χ3v) is 3.76. The lowest BCUT2D eigenvalue weighted by atomic mass is 10.1. The van der Waals surface area contributed by atoms with Crippen LogP contribution in [0, 0.1) is 0 Å². The minimum Gasteiger partial charge on any atom is -0.351 e. The summed E-state index contributed by atoms with van der Waals surface area (Å²) in [5.74, 6) is -0.185. The van der Waals surface area contributed by atoms with E-state index < -0.39 is 0 Å². The molecule has 2 N–H and O–H groups in total. The second-order valence-corrected chi connectivity index (χ2v) is 5.55. The molecule has 3 rings (SSSR count). The summed E-state index contributed by atoms with van der Waals surface area (Å²) in [5, 5.41) is 9.70. The molecular formula is C19H18N4O2. The van der Waals surface area contributed by atoms with Gasteiger partial charge in [-0.25, -0.2) is 0 Å². The summed E-state index contributed by atoms with van der Waals surface area (Å²) in [4.78, 5) is 28.0. The summed E-state index contributed by atoms with van der Waals surface area (Å²) in [6.07, 6.45) is 4.14. The molecule has 25 heavy (non-hydrogen) atoms. The topological polar surface area (TPSA) is 87.7 Å². The molecule has 0 saturated carbocycles. The Morgan fingerprint density at radius 3 is 2.56 bits per heavy atom. The highest BCUT2D eigenvalue weighted by atomic mass is 16.2. The number of pyridine rings is 1. The number of aromatic nitrogens is 3. The summed E-state index contributed by atoms with van der Waals surface area (Å²) in [7, 11) is 0. The molecule has 0 unspecified atom stereocenters. The number of amides is 1. The minimum absolute atomic E-state index is 0.0459. The van der Waals surface area contributed by atoms with Crippen molar-refractivity contribution in [2.24, 2.45) is 0 Å². The van der Waals surface area contributed by atoms with E-state index in [-0.39, 0.29) is 11.7 Å². The first-order chi connectivity index (χ1) is 12.2. The number of nitrogens with one attached hydrogen (secondary N) is 2. The van der Waals surface area contributed by atoms with Crippen LogP contribution in [0.15, 0.2) is 60.9 Å². The van der Waals surface area contributed by atoms with Gasteiger partial charge < -0.3 is 5.32 Å². The van der Waals surface area contributed by atoms with E-state index in [2.05, 4.69) is 20.5 Å². The summed E-state index contributed by atoms with van der Waals surface area (Å²) in [6, 6.07) is 14.7. The van der Waals surface area contributed by atoms with Gasteiger partial charge >= 0.3 is 0 Å². The first-order valence-electron chi connectivity index (χ1n) is 8.06. The Labute approximate surface area is 145 Å². The van der Waals surface area contributed by atoms with Gasteiger partial charge in [0.25, 0.3) is 5.91 Å². The zero-order valence-corrected chi connectivity index (χ0v) is 13.6. The van der Waals surface area contributed by atoms with Crippen molar-refractivity contribution in [1.82, 2.24) is 20.5 Å². The van der Waals surface area contributed by atoms with E-state index in [4.69, 9.17) is 0 Å². The monoisotopic (exact) mass is 334 g/mol. The summed E-state index contributed by atoms with van der Waals surface area (Å²) in [6.45, 7) is 0.426. The smallest absolute Gasteiger partial charge is 0.269 e. The van der Waals surface area contributed by atoms with Gasteiger partial charge in [-0.1, -0.05) is 30.3 Å². The summed E-state index contributed by atoms with van der Waals surface area (Å²) in [5.41, 5.74) is 2.71. The molecule has 6 nitrogen and oxygen atoms in total. The lowest BCUT2D eigenvalue weighted by Crippen LogP contribution is -2.25. The maximum atomic E-state index is 12.1. The van der Waals surface area contributed by atoms with Crippen LogP contribution in [0.3, 0.4) is 0 Å². The largest absolute Gasteiger partial charge is 0.351 e. The Morgan fingerprint density at radius 1 is 1.04 bits per heavy atom. The van der Waals surface area contributed by atoms with Gasteiger partial charge in [0, 0.05) is 36.5 Å². The SMILES string of the molecule is O=C(CCCNC(=O)c1cc(-c2ccccc2)n[nH]1)c1ccncc1. The van der Waals surface area contributed by atoms with Crippen molar-refractivity contribution in [3.8, 4) is 11.3 Å². The van der Waals surface area contributed by atoms with Crippen LogP contribution in [0.1, 0.15) is 33.7 Å². The van der Waals surface area contributed by atoms with E-state index in [1.54, 1.807) is 30.6 Å². The second-order valence-electron chi connectivity index (χ2n) is 5.55. The van der Waals surface area contributed by atoms with Crippen molar-refractivity contribution in [1.29, 1.82) is 0 Å². The van der Waals surface area contributed by atoms with Crippen LogP contribution < -0.4 is 5.32 Å². The lowest BCUT2D eigenvalue weighted by Gasteiger charge is -2.03. The van der Waals surface area contributed by atoms with Crippen molar-refractivity contribution < 1.29 is 9.59 Å². The molecule has 1 amide bonds. The van der Waals surface area contributed by atoms with Crippen molar-refractivity contribution in [3.63, 3.8) is 0 Å². The Morgan fingerprint density at radius 2 is 1.80 bits per heavy atom. The zero-order chi connectivity index (χ0) is 17.5. The minimum atomic E-state index is -0.231. The van der Waals surface area contributed by atoms with E-state index >= 15 is 0 Å². The van der Waals surface area contributed by atoms with Crippen molar-refractivity contribution in [3.05, 3.63) is 72.2 Å². The molecule has 0 fully saturated rings. The first kappa shape index (κ1) is 16.6. The van der Waals surface area contributed by atoms with Crippen LogP contribution in [0.4, 0.5) is 0 Å². The molecule has 3 aromatic rings. The molecule has 6 heteroatoms. The average molecular weight is 334 g/mol. The molecular weight excluding hydrogens is 316 g/mol. The van der Waals surface area contributed by atoms with Crippen LogP contribution in [0.5, 0.6) is 0 Å². The summed E-state index contributed by atoms with van der Waals surface area (Å²) >= 11 is 0. The van der Waals surface area contributed by atoms with E-state index in [1.165, 1.54) is 0 Å². The highest BCUT2D eigenvalue weighted by Crippen LogP contribution is 2.16. The number of benzene rings is 1. The number of aromatic amines is 1. The Hall–Kier alpha value is -3.28. The predicted octanol–water partition coefficient (Wildman–Crippen LogP) is 2.86. The molecule has 0 radical (unpaired) electrons. The fraction of sp³-hybridized carbons (Fsp3) is 0.158. The van der Waals surface area contributed by atoms with Gasteiger partial charge in [-0.3, -0.25) is 19.7 Å². The first-order valence-corrected chi connectivity index (χ1v) is 8.06. The Bertz CT molecular complexity index is 844. The average Bonchev–Trinajstić information content (AvgIpc) is 3.16. The number of nitrogens with zero attached hydrogens (tertiary/aromatic N) is 2. The number of rotatable bonds is 7. The summed E-state index contributed by atoms with van der Waals surface area (Å²) < 4.78 is 0. The number of carbonyl (C=O) groups is 2. The van der Waals surface area contributed by atoms with E-state index in [9.17, 15) is 9.59 Å². The fourth-order valence-corrected chi connectivity index (χ4v) is 2.42. The molecule has 0 bridgehead atoms. The molecule has 0 spiro atoms. The van der Waals surface area contributed by atoms with Crippen molar-refractivity contribution in [2.75, 3.05) is 6.54 Å². The van der Waals surface area contributed by atoms with E-state index in [0.29, 0.717) is 30.6 Å². The molecule has 0 aliphatic heterocycles. The van der Waals surface area contributed by atoms with Crippen LogP contribution in [0.2, 0.25) is 0 Å². The van der Waals surface area contributed by atoms with E-state index in [1.807, 2.05) is 30.3 Å². The standard InChI is InChI=1S/C19H18N4O2/c24-18(15-8-11-20-12-9-15)7-4-10-21-19(25)17-13-16(22-23-17)14-5-2-1-3-6-14/h1-3,5-6,8-9,11-13H,4,7,10H2,(H,21,25)(H,22,23). The normalized spacial score (nSPS) is 10.4. The van der Waals surface area contributed by atoms with Gasteiger partial charge in [-0.15, -0.1) is 0 Å². The number of H-pyrrole nitrogens is 1. The fourth-order valence-electron chi connectivity index (χ4n) is 2.42. The Balaban J connectivity index is 1.47. The predicted molar refractivity (Wildman–Crippen MR) is 94.2 cm³/mol. The molecule has 2 aromatic heterocycles. The maximum absolute atomic E-state index is 12.1.